The molecule has 0 atom stereocenters. The number of benzene rings is 1. The molecule has 0 unspecified atom stereocenters. The Kier molecular flexibility index (Phi) is 1.28. The van der Waals surface area contributed by atoms with Crippen molar-refractivity contribution in [3.8, 4) is 0 Å². The van der Waals surface area contributed by atoms with Gasteiger partial charge >= 0.3 is 0 Å². The van der Waals surface area contributed by atoms with E-state index in [1.165, 1.54) is 0 Å². The SMILES string of the molecule is c1ccc2c(c1)oc1c2ncc2cn[nH]c21. The summed E-state index contributed by atoms with van der Waals surface area (Å²) in [6.45, 7) is 0. The van der Waals surface area contributed by atoms with Gasteiger partial charge in [0.2, 0.25) is 0 Å². The van der Waals surface area contributed by atoms with E-state index in [9.17, 15) is 0 Å². The predicted molar refractivity (Wildman–Crippen MR) is 61.2 cm³/mol. The second-order valence-electron chi connectivity index (χ2n) is 3.73. The minimum atomic E-state index is 0.774. The Hall–Kier alpha value is -2.36. The summed E-state index contributed by atoms with van der Waals surface area (Å²) >= 11 is 0. The Morgan fingerprint density at radius 1 is 1.12 bits per heavy atom. The Labute approximate surface area is 89.9 Å². The molecule has 16 heavy (non-hydrogen) atoms. The lowest BCUT2D eigenvalue weighted by Crippen LogP contribution is -1.75. The molecule has 0 bridgehead atoms. The molecule has 0 amide bonds. The molecule has 0 saturated carbocycles. The van der Waals surface area contributed by atoms with Crippen LogP contribution in [0.25, 0.3) is 33.0 Å². The second kappa shape index (κ2) is 2.61. The lowest BCUT2D eigenvalue weighted by Gasteiger charge is -1.89. The summed E-state index contributed by atoms with van der Waals surface area (Å²) in [5.41, 5.74) is 3.41. The van der Waals surface area contributed by atoms with E-state index in [1.807, 2.05) is 30.5 Å². The van der Waals surface area contributed by atoms with Crippen LogP contribution in [-0.4, -0.2) is 15.2 Å². The Balaban J connectivity index is 2.38. The number of nitrogens with zero attached hydrogens (tertiary/aromatic N) is 2. The molecule has 0 aliphatic carbocycles. The highest BCUT2D eigenvalue weighted by atomic mass is 16.3. The van der Waals surface area contributed by atoms with Gasteiger partial charge in [-0.05, 0) is 12.1 Å². The third-order valence-electron chi connectivity index (χ3n) is 2.80. The van der Waals surface area contributed by atoms with Gasteiger partial charge in [0.05, 0.1) is 6.20 Å². The predicted octanol–water partition coefficient (Wildman–Crippen LogP) is 2.86. The standard InChI is InChI=1S/C12H7N3O/c1-2-4-9-8(3-1)11-12(16-9)10-7(5-13-11)6-14-15-10/h1-6H,(H,14,15). The zero-order valence-corrected chi connectivity index (χ0v) is 8.27. The summed E-state index contributed by atoms with van der Waals surface area (Å²) in [5, 5.41) is 8.94. The van der Waals surface area contributed by atoms with Crippen molar-refractivity contribution in [3.05, 3.63) is 36.7 Å². The van der Waals surface area contributed by atoms with Gasteiger partial charge in [-0.2, -0.15) is 5.10 Å². The minimum absolute atomic E-state index is 0.774. The molecule has 3 aromatic heterocycles. The molecule has 4 nitrogen and oxygen atoms in total. The van der Waals surface area contributed by atoms with Crippen LogP contribution in [0, 0.1) is 0 Å². The summed E-state index contributed by atoms with van der Waals surface area (Å²) in [5.74, 6) is 0. The number of para-hydroxylation sites is 1. The van der Waals surface area contributed by atoms with Gasteiger partial charge in [-0.1, -0.05) is 12.1 Å². The van der Waals surface area contributed by atoms with E-state index in [0.29, 0.717) is 0 Å². The molecular formula is C12H7N3O. The topological polar surface area (TPSA) is 54.7 Å². The molecule has 1 N–H and O–H groups in total. The molecule has 3 heterocycles. The molecule has 0 aliphatic rings. The lowest BCUT2D eigenvalue weighted by atomic mass is 10.2. The third-order valence-corrected chi connectivity index (χ3v) is 2.80. The molecule has 4 rings (SSSR count). The molecule has 4 heteroatoms. The highest BCUT2D eigenvalue weighted by Crippen LogP contribution is 2.30. The molecule has 0 radical (unpaired) electrons. The first-order valence-electron chi connectivity index (χ1n) is 5.03. The zero-order chi connectivity index (χ0) is 10.5. The summed E-state index contributed by atoms with van der Waals surface area (Å²) in [7, 11) is 0. The van der Waals surface area contributed by atoms with Gasteiger partial charge in [-0.3, -0.25) is 10.1 Å². The van der Waals surface area contributed by atoms with Gasteiger partial charge in [0.15, 0.2) is 5.58 Å². The minimum Gasteiger partial charge on any atom is -0.452 e. The Bertz CT molecular complexity index is 813. The number of aromatic nitrogens is 3. The maximum atomic E-state index is 5.79. The van der Waals surface area contributed by atoms with Crippen LogP contribution in [0.15, 0.2) is 41.1 Å². The highest BCUT2D eigenvalue weighted by molar-refractivity contribution is 6.10. The number of furan rings is 1. The Morgan fingerprint density at radius 2 is 2.06 bits per heavy atom. The number of hydrogen-bond acceptors (Lipinski definition) is 3. The quantitative estimate of drug-likeness (QED) is 0.484. The van der Waals surface area contributed by atoms with Crippen LogP contribution in [0.1, 0.15) is 0 Å². The van der Waals surface area contributed by atoms with Gasteiger partial charge in [0, 0.05) is 17.0 Å². The van der Waals surface area contributed by atoms with Crippen molar-refractivity contribution in [1.82, 2.24) is 15.2 Å². The number of aromatic amines is 1. The van der Waals surface area contributed by atoms with E-state index in [4.69, 9.17) is 4.42 Å². The van der Waals surface area contributed by atoms with Crippen LogP contribution in [-0.2, 0) is 0 Å². The average Bonchev–Trinajstić information content (AvgIpc) is 2.92. The monoisotopic (exact) mass is 209 g/mol. The fraction of sp³-hybridized carbons (Fsp3) is 0. The molecule has 1 aromatic carbocycles. The first kappa shape index (κ1) is 7.87. The smallest absolute Gasteiger partial charge is 0.179 e. The van der Waals surface area contributed by atoms with Crippen LogP contribution in [0.5, 0.6) is 0 Å². The van der Waals surface area contributed by atoms with Crippen LogP contribution < -0.4 is 0 Å². The first-order chi connectivity index (χ1) is 7.93. The van der Waals surface area contributed by atoms with E-state index >= 15 is 0 Å². The third kappa shape index (κ3) is 0.839. The number of H-pyrrole nitrogens is 1. The van der Waals surface area contributed by atoms with E-state index in [2.05, 4.69) is 15.2 Å². The fourth-order valence-corrected chi connectivity index (χ4v) is 2.04. The lowest BCUT2D eigenvalue weighted by molar-refractivity contribution is 0.671. The first-order valence-corrected chi connectivity index (χ1v) is 5.03. The van der Waals surface area contributed by atoms with Crippen molar-refractivity contribution in [3.63, 3.8) is 0 Å². The molecule has 4 aromatic rings. The van der Waals surface area contributed by atoms with Crippen molar-refractivity contribution in [2.45, 2.75) is 0 Å². The average molecular weight is 209 g/mol. The van der Waals surface area contributed by atoms with Crippen LogP contribution in [0.4, 0.5) is 0 Å². The number of pyridine rings is 1. The summed E-state index contributed by atoms with van der Waals surface area (Å²) in [6.07, 6.45) is 3.55. The van der Waals surface area contributed by atoms with Gasteiger partial charge in [0.25, 0.3) is 0 Å². The molecule has 76 valence electrons. The fourth-order valence-electron chi connectivity index (χ4n) is 2.04. The Morgan fingerprint density at radius 3 is 3.06 bits per heavy atom. The number of hydrogen-bond donors (Lipinski definition) is 1. The van der Waals surface area contributed by atoms with Crippen molar-refractivity contribution in [2.75, 3.05) is 0 Å². The van der Waals surface area contributed by atoms with Crippen LogP contribution >= 0.6 is 0 Å². The molecule has 0 aliphatic heterocycles. The maximum absolute atomic E-state index is 5.79. The van der Waals surface area contributed by atoms with Gasteiger partial charge in [-0.25, -0.2) is 0 Å². The maximum Gasteiger partial charge on any atom is 0.179 e. The van der Waals surface area contributed by atoms with Crippen molar-refractivity contribution < 1.29 is 4.42 Å². The normalized spacial score (nSPS) is 11.8. The van der Waals surface area contributed by atoms with E-state index in [0.717, 1.165) is 33.0 Å². The van der Waals surface area contributed by atoms with Crippen molar-refractivity contribution in [1.29, 1.82) is 0 Å². The second-order valence-corrected chi connectivity index (χ2v) is 3.73. The molecule has 0 saturated heterocycles. The molecule has 0 fully saturated rings. The number of fused-ring (bicyclic) bond motifs is 5. The summed E-state index contributed by atoms with van der Waals surface area (Å²) in [6, 6.07) is 7.89. The highest BCUT2D eigenvalue weighted by Gasteiger charge is 2.11. The van der Waals surface area contributed by atoms with Crippen molar-refractivity contribution >= 4 is 33.0 Å². The van der Waals surface area contributed by atoms with E-state index in [1.54, 1.807) is 6.20 Å². The summed E-state index contributed by atoms with van der Waals surface area (Å²) < 4.78 is 5.79. The van der Waals surface area contributed by atoms with E-state index in [-0.39, 0.29) is 0 Å². The zero-order valence-electron chi connectivity index (χ0n) is 8.27. The number of nitrogens with one attached hydrogen (secondary N) is 1. The van der Waals surface area contributed by atoms with Crippen LogP contribution in [0.3, 0.4) is 0 Å². The van der Waals surface area contributed by atoms with Gasteiger partial charge < -0.3 is 4.42 Å². The van der Waals surface area contributed by atoms with Gasteiger partial charge in [-0.15, -0.1) is 0 Å². The summed E-state index contributed by atoms with van der Waals surface area (Å²) in [4.78, 5) is 4.42. The van der Waals surface area contributed by atoms with Crippen molar-refractivity contribution in [2.24, 2.45) is 0 Å². The largest absolute Gasteiger partial charge is 0.452 e. The molecule has 0 spiro atoms. The van der Waals surface area contributed by atoms with E-state index < -0.39 is 0 Å². The van der Waals surface area contributed by atoms with Crippen LogP contribution in [0.2, 0.25) is 0 Å². The van der Waals surface area contributed by atoms with Gasteiger partial charge in [0.1, 0.15) is 16.6 Å². The number of rotatable bonds is 0. The molecular weight excluding hydrogens is 202 g/mol.